The predicted octanol–water partition coefficient (Wildman–Crippen LogP) is 1.57. The summed E-state index contributed by atoms with van der Waals surface area (Å²) in [5.74, 6) is 0.0689. The largest absolute Gasteiger partial charge is 0.394 e. The summed E-state index contributed by atoms with van der Waals surface area (Å²) in [4.78, 5) is 14.0. The Morgan fingerprint density at radius 1 is 1.26 bits per heavy atom. The molecular weight excluding hydrogens is 240 g/mol. The molecule has 0 aromatic heterocycles. The summed E-state index contributed by atoms with van der Waals surface area (Å²) in [7, 11) is 0. The van der Waals surface area contributed by atoms with Crippen LogP contribution in [0.4, 0.5) is 0 Å². The average molecular weight is 264 g/mol. The summed E-state index contributed by atoms with van der Waals surface area (Å²) in [5, 5.41) is 12.7. The van der Waals surface area contributed by atoms with Crippen LogP contribution >= 0.6 is 0 Å². The molecule has 2 unspecified atom stereocenters. The van der Waals surface area contributed by atoms with E-state index in [1.54, 1.807) is 4.90 Å². The van der Waals surface area contributed by atoms with Gasteiger partial charge in [0.05, 0.1) is 18.7 Å². The zero-order chi connectivity index (χ0) is 14.3. The molecular formula is C15H24N2O2. The zero-order valence-electron chi connectivity index (χ0n) is 12.0. The van der Waals surface area contributed by atoms with E-state index in [1.807, 2.05) is 51.1 Å². The summed E-state index contributed by atoms with van der Waals surface area (Å²) in [6.45, 7) is 7.16. The van der Waals surface area contributed by atoms with Crippen molar-refractivity contribution in [2.45, 2.75) is 32.9 Å². The number of nitrogens with one attached hydrogen (secondary N) is 1. The third kappa shape index (κ3) is 4.33. The van der Waals surface area contributed by atoms with Gasteiger partial charge in [-0.25, -0.2) is 0 Å². The fourth-order valence-electron chi connectivity index (χ4n) is 2.12. The van der Waals surface area contributed by atoms with Gasteiger partial charge in [-0.2, -0.15) is 0 Å². The highest BCUT2D eigenvalue weighted by Gasteiger charge is 2.21. The lowest BCUT2D eigenvalue weighted by molar-refractivity contribution is -0.132. The number of carbonyl (C=O) groups excluding carboxylic acids is 1. The SMILES string of the molecule is CCN(CC)C(=O)C(C)NC(CO)c1ccccc1. The summed E-state index contributed by atoms with van der Waals surface area (Å²) in [6.07, 6.45) is 0. The van der Waals surface area contributed by atoms with Crippen molar-refractivity contribution in [3.05, 3.63) is 35.9 Å². The van der Waals surface area contributed by atoms with Crippen molar-refractivity contribution in [1.29, 1.82) is 0 Å². The number of hydrogen-bond acceptors (Lipinski definition) is 3. The van der Waals surface area contributed by atoms with Gasteiger partial charge in [-0.05, 0) is 26.3 Å². The molecule has 2 N–H and O–H groups in total. The lowest BCUT2D eigenvalue weighted by atomic mass is 10.1. The van der Waals surface area contributed by atoms with Crippen molar-refractivity contribution < 1.29 is 9.90 Å². The van der Waals surface area contributed by atoms with Crippen LogP contribution in [0.3, 0.4) is 0 Å². The number of nitrogens with zero attached hydrogens (tertiary/aromatic N) is 1. The molecule has 0 radical (unpaired) electrons. The first-order valence-corrected chi connectivity index (χ1v) is 6.84. The maximum Gasteiger partial charge on any atom is 0.239 e. The van der Waals surface area contributed by atoms with Crippen molar-refractivity contribution in [2.24, 2.45) is 0 Å². The van der Waals surface area contributed by atoms with Crippen LogP contribution in [0, 0.1) is 0 Å². The number of amides is 1. The fourth-order valence-corrected chi connectivity index (χ4v) is 2.12. The Labute approximate surface area is 115 Å². The second-order valence-electron chi connectivity index (χ2n) is 4.54. The van der Waals surface area contributed by atoms with Gasteiger partial charge in [-0.15, -0.1) is 0 Å². The van der Waals surface area contributed by atoms with Crippen molar-refractivity contribution in [2.75, 3.05) is 19.7 Å². The van der Waals surface area contributed by atoms with Crippen molar-refractivity contribution in [1.82, 2.24) is 10.2 Å². The highest BCUT2D eigenvalue weighted by molar-refractivity contribution is 5.81. The number of benzene rings is 1. The highest BCUT2D eigenvalue weighted by atomic mass is 16.3. The zero-order valence-corrected chi connectivity index (χ0v) is 12.0. The molecule has 0 heterocycles. The first-order valence-electron chi connectivity index (χ1n) is 6.84. The molecule has 0 aliphatic heterocycles. The first-order chi connectivity index (χ1) is 9.13. The molecule has 0 saturated heterocycles. The van der Waals surface area contributed by atoms with E-state index in [4.69, 9.17) is 0 Å². The number of aliphatic hydroxyl groups is 1. The minimum atomic E-state index is -0.308. The van der Waals surface area contributed by atoms with Crippen LogP contribution in [0.2, 0.25) is 0 Å². The first kappa shape index (κ1) is 15.7. The molecule has 0 spiro atoms. The molecule has 1 amide bonds. The summed E-state index contributed by atoms with van der Waals surface area (Å²) >= 11 is 0. The quantitative estimate of drug-likeness (QED) is 0.786. The van der Waals surface area contributed by atoms with E-state index in [9.17, 15) is 9.90 Å². The molecule has 0 aliphatic rings. The van der Waals surface area contributed by atoms with Crippen molar-refractivity contribution in [3.8, 4) is 0 Å². The van der Waals surface area contributed by atoms with Crippen LogP contribution in [0.25, 0.3) is 0 Å². The maximum atomic E-state index is 12.2. The Morgan fingerprint density at radius 2 is 1.84 bits per heavy atom. The average Bonchev–Trinajstić information content (AvgIpc) is 2.46. The van der Waals surface area contributed by atoms with E-state index in [2.05, 4.69) is 5.32 Å². The molecule has 4 heteroatoms. The van der Waals surface area contributed by atoms with Gasteiger partial charge in [-0.3, -0.25) is 10.1 Å². The van der Waals surface area contributed by atoms with Crippen LogP contribution in [-0.2, 0) is 4.79 Å². The molecule has 106 valence electrons. The Morgan fingerprint density at radius 3 is 2.32 bits per heavy atom. The molecule has 1 aromatic carbocycles. The van der Waals surface area contributed by atoms with Crippen LogP contribution < -0.4 is 5.32 Å². The van der Waals surface area contributed by atoms with E-state index >= 15 is 0 Å². The van der Waals surface area contributed by atoms with E-state index in [1.165, 1.54) is 0 Å². The summed E-state index contributed by atoms with van der Waals surface area (Å²) in [5.41, 5.74) is 0.990. The number of hydrogen-bond donors (Lipinski definition) is 2. The monoisotopic (exact) mass is 264 g/mol. The van der Waals surface area contributed by atoms with Gasteiger partial charge < -0.3 is 10.0 Å². The summed E-state index contributed by atoms with van der Waals surface area (Å²) < 4.78 is 0. The van der Waals surface area contributed by atoms with E-state index in [0.717, 1.165) is 5.56 Å². The molecule has 0 saturated carbocycles. The maximum absolute atomic E-state index is 12.2. The second-order valence-corrected chi connectivity index (χ2v) is 4.54. The number of carbonyl (C=O) groups is 1. The smallest absolute Gasteiger partial charge is 0.239 e. The highest BCUT2D eigenvalue weighted by Crippen LogP contribution is 2.13. The van der Waals surface area contributed by atoms with Crippen molar-refractivity contribution in [3.63, 3.8) is 0 Å². The van der Waals surface area contributed by atoms with E-state index < -0.39 is 0 Å². The normalized spacial score (nSPS) is 13.9. The third-order valence-corrected chi connectivity index (χ3v) is 3.28. The second kappa shape index (κ2) is 7.92. The topological polar surface area (TPSA) is 52.6 Å². The van der Waals surface area contributed by atoms with Gasteiger partial charge in [0, 0.05) is 13.1 Å². The Kier molecular flexibility index (Phi) is 6.53. The van der Waals surface area contributed by atoms with E-state index in [-0.39, 0.29) is 24.6 Å². The Bertz CT molecular complexity index is 377. The molecule has 1 aromatic rings. The van der Waals surface area contributed by atoms with Crippen molar-refractivity contribution >= 4 is 5.91 Å². The number of aliphatic hydroxyl groups excluding tert-OH is 1. The van der Waals surface area contributed by atoms with Crippen LogP contribution in [0.1, 0.15) is 32.4 Å². The third-order valence-electron chi connectivity index (χ3n) is 3.28. The Balaban J connectivity index is 2.68. The van der Waals surface area contributed by atoms with Gasteiger partial charge in [0.15, 0.2) is 0 Å². The predicted molar refractivity (Wildman–Crippen MR) is 76.8 cm³/mol. The molecule has 0 bridgehead atoms. The van der Waals surface area contributed by atoms with Gasteiger partial charge in [-0.1, -0.05) is 30.3 Å². The molecule has 2 atom stereocenters. The minimum Gasteiger partial charge on any atom is -0.394 e. The lowest BCUT2D eigenvalue weighted by Gasteiger charge is -2.26. The molecule has 19 heavy (non-hydrogen) atoms. The molecule has 0 fully saturated rings. The standard InChI is InChI=1S/C15H24N2O2/c1-4-17(5-2)15(19)12(3)16-14(11-18)13-9-7-6-8-10-13/h6-10,12,14,16,18H,4-5,11H2,1-3H3. The molecule has 4 nitrogen and oxygen atoms in total. The number of rotatable bonds is 7. The van der Waals surface area contributed by atoms with Gasteiger partial charge in [0.1, 0.15) is 0 Å². The minimum absolute atomic E-state index is 0.0279. The van der Waals surface area contributed by atoms with E-state index in [0.29, 0.717) is 13.1 Å². The van der Waals surface area contributed by atoms with Crippen LogP contribution in [0.5, 0.6) is 0 Å². The summed E-state index contributed by atoms with van der Waals surface area (Å²) in [6, 6.07) is 9.16. The van der Waals surface area contributed by atoms with Crippen LogP contribution in [-0.4, -0.2) is 41.7 Å². The fraction of sp³-hybridized carbons (Fsp3) is 0.533. The Hall–Kier alpha value is -1.39. The van der Waals surface area contributed by atoms with Gasteiger partial charge in [0.2, 0.25) is 5.91 Å². The van der Waals surface area contributed by atoms with Gasteiger partial charge in [0.25, 0.3) is 0 Å². The lowest BCUT2D eigenvalue weighted by Crippen LogP contribution is -2.46. The molecule has 1 rings (SSSR count). The van der Waals surface area contributed by atoms with Gasteiger partial charge >= 0.3 is 0 Å². The number of likely N-dealkylation sites (N-methyl/N-ethyl adjacent to an activating group) is 1. The van der Waals surface area contributed by atoms with Crippen LogP contribution in [0.15, 0.2) is 30.3 Å². The molecule has 0 aliphatic carbocycles.